The van der Waals surface area contributed by atoms with E-state index >= 15 is 0 Å². The zero-order valence-electron chi connectivity index (χ0n) is 14.3. The topological polar surface area (TPSA) is 49.3 Å². The molecule has 1 fully saturated rings. The number of hydrogen-bond acceptors (Lipinski definition) is 3. The molecule has 1 aliphatic heterocycles. The molecule has 126 valence electrons. The molecule has 0 N–H and O–H groups in total. The van der Waals surface area contributed by atoms with E-state index in [1.165, 1.54) is 12.1 Å². The Morgan fingerprint density at radius 1 is 1.08 bits per heavy atom. The third-order valence-corrected chi connectivity index (χ3v) is 4.21. The van der Waals surface area contributed by atoms with Crippen molar-refractivity contribution in [3.63, 3.8) is 0 Å². The van der Waals surface area contributed by atoms with E-state index in [2.05, 4.69) is 9.97 Å². The zero-order chi connectivity index (χ0) is 17.5. The molecule has 2 aromatic rings. The van der Waals surface area contributed by atoms with Crippen molar-refractivity contribution in [2.75, 3.05) is 11.4 Å². The molecule has 0 atom stereocenters. The van der Waals surface area contributed by atoms with Crippen LogP contribution in [0.15, 0.2) is 36.7 Å². The number of nitrogens with zero attached hydrogens (tertiary/aromatic N) is 4. The van der Waals surface area contributed by atoms with Gasteiger partial charge in [-0.05, 0) is 45.4 Å². The van der Waals surface area contributed by atoms with Crippen molar-refractivity contribution in [1.29, 1.82) is 0 Å². The summed E-state index contributed by atoms with van der Waals surface area (Å²) in [7, 11) is 0. The molecule has 0 radical (unpaired) electrons. The highest BCUT2D eigenvalue weighted by Gasteiger charge is 2.45. The van der Waals surface area contributed by atoms with Crippen LogP contribution in [0.4, 0.5) is 15.1 Å². The van der Waals surface area contributed by atoms with Gasteiger partial charge in [-0.15, -0.1) is 0 Å². The van der Waals surface area contributed by atoms with Crippen molar-refractivity contribution in [3.05, 3.63) is 42.5 Å². The molecule has 2 heterocycles. The lowest BCUT2D eigenvalue weighted by Gasteiger charge is -2.32. The molecular formula is C18H21FN4O. The maximum absolute atomic E-state index is 13.0. The van der Waals surface area contributed by atoms with Gasteiger partial charge < -0.3 is 4.90 Å². The Bertz CT molecular complexity index is 741. The number of anilines is 1. The van der Waals surface area contributed by atoms with Gasteiger partial charge in [0.1, 0.15) is 5.82 Å². The summed E-state index contributed by atoms with van der Waals surface area (Å²) < 4.78 is 13.0. The maximum atomic E-state index is 13.0. The SMILES string of the molecule is CC(C)N1C(=O)N(c2ncc(-c3ccc(F)cc3)cn2)CC1(C)C. The van der Waals surface area contributed by atoms with E-state index in [4.69, 9.17) is 0 Å². The summed E-state index contributed by atoms with van der Waals surface area (Å²) in [6.45, 7) is 8.62. The predicted molar refractivity (Wildman–Crippen MR) is 91.2 cm³/mol. The van der Waals surface area contributed by atoms with Crippen molar-refractivity contribution < 1.29 is 9.18 Å². The summed E-state index contributed by atoms with van der Waals surface area (Å²) in [5.41, 5.74) is 1.34. The monoisotopic (exact) mass is 328 g/mol. The first-order valence-electron chi connectivity index (χ1n) is 7.98. The van der Waals surface area contributed by atoms with Crippen LogP contribution in [0.5, 0.6) is 0 Å². The molecule has 3 rings (SSSR count). The lowest BCUT2D eigenvalue weighted by molar-refractivity contribution is 0.152. The van der Waals surface area contributed by atoms with Crippen LogP contribution in [0.2, 0.25) is 0 Å². The summed E-state index contributed by atoms with van der Waals surface area (Å²) in [4.78, 5) is 24.8. The second-order valence-electron chi connectivity index (χ2n) is 6.92. The molecule has 5 nitrogen and oxygen atoms in total. The fourth-order valence-corrected chi connectivity index (χ4v) is 3.25. The summed E-state index contributed by atoms with van der Waals surface area (Å²) in [5.74, 6) is 0.108. The number of rotatable bonds is 3. The quantitative estimate of drug-likeness (QED) is 0.863. The molecule has 24 heavy (non-hydrogen) atoms. The highest BCUT2D eigenvalue weighted by molar-refractivity contribution is 5.93. The molecule has 0 aliphatic carbocycles. The van der Waals surface area contributed by atoms with Crippen LogP contribution in [-0.2, 0) is 0 Å². The Hall–Kier alpha value is -2.50. The highest BCUT2D eigenvalue weighted by Crippen LogP contribution is 2.31. The Labute approximate surface area is 141 Å². The summed E-state index contributed by atoms with van der Waals surface area (Å²) >= 11 is 0. The lowest BCUT2D eigenvalue weighted by Crippen LogP contribution is -2.46. The number of hydrogen-bond donors (Lipinski definition) is 0. The van der Waals surface area contributed by atoms with Crippen molar-refractivity contribution >= 4 is 12.0 Å². The summed E-state index contributed by atoms with van der Waals surface area (Å²) in [6.07, 6.45) is 3.32. The minimum Gasteiger partial charge on any atom is -0.315 e. The van der Waals surface area contributed by atoms with Crippen LogP contribution in [-0.4, -0.2) is 39.0 Å². The maximum Gasteiger partial charge on any atom is 0.327 e. The first kappa shape index (κ1) is 16.4. The van der Waals surface area contributed by atoms with Crippen molar-refractivity contribution in [2.45, 2.75) is 39.3 Å². The third kappa shape index (κ3) is 2.84. The first-order chi connectivity index (χ1) is 11.3. The zero-order valence-corrected chi connectivity index (χ0v) is 14.3. The largest absolute Gasteiger partial charge is 0.327 e. The minimum atomic E-state index is -0.282. The summed E-state index contributed by atoms with van der Waals surface area (Å²) in [5, 5.41) is 0. The molecule has 1 aromatic carbocycles. The molecule has 6 heteroatoms. The number of carbonyl (C=O) groups excluding carboxylic acids is 1. The van der Waals surface area contributed by atoms with Crippen LogP contribution < -0.4 is 4.90 Å². The van der Waals surface area contributed by atoms with E-state index in [1.807, 2.05) is 32.6 Å². The Morgan fingerprint density at radius 3 is 2.17 bits per heavy atom. The van der Waals surface area contributed by atoms with Gasteiger partial charge in [0.2, 0.25) is 5.95 Å². The lowest BCUT2D eigenvalue weighted by atomic mass is 10.0. The van der Waals surface area contributed by atoms with Gasteiger partial charge in [0, 0.05) is 24.0 Å². The van der Waals surface area contributed by atoms with Crippen LogP contribution in [0, 0.1) is 5.82 Å². The fraction of sp³-hybridized carbons (Fsp3) is 0.389. The number of benzene rings is 1. The number of carbonyl (C=O) groups is 1. The molecule has 1 aromatic heterocycles. The normalized spacial score (nSPS) is 17.0. The predicted octanol–water partition coefficient (Wildman–Crippen LogP) is 3.71. The Morgan fingerprint density at radius 2 is 1.67 bits per heavy atom. The summed E-state index contributed by atoms with van der Waals surface area (Å²) in [6, 6.07) is 6.18. The molecular weight excluding hydrogens is 307 g/mol. The number of halogens is 1. The van der Waals surface area contributed by atoms with Crippen molar-refractivity contribution in [2.24, 2.45) is 0 Å². The Balaban J connectivity index is 1.86. The van der Waals surface area contributed by atoms with Crippen LogP contribution in [0.3, 0.4) is 0 Å². The van der Waals surface area contributed by atoms with Gasteiger partial charge in [0.25, 0.3) is 0 Å². The molecule has 1 saturated heterocycles. The van der Waals surface area contributed by atoms with E-state index in [0.717, 1.165) is 11.1 Å². The smallest absolute Gasteiger partial charge is 0.315 e. The average molecular weight is 328 g/mol. The van der Waals surface area contributed by atoms with Crippen molar-refractivity contribution in [3.8, 4) is 11.1 Å². The van der Waals surface area contributed by atoms with E-state index in [-0.39, 0.29) is 23.4 Å². The van der Waals surface area contributed by atoms with Crippen LogP contribution in [0.25, 0.3) is 11.1 Å². The molecule has 2 amide bonds. The molecule has 1 aliphatic rings. The van der Waals surface area contributed by atoms with Gasteiger partial charge in [-0.3, -0.25) is 4.90 Å². The van der Waals surface area contributed by atoms with E-state index in [0.29, 0.717) is 12.5 Å². The van der Waals surface area contributed by atoms with Crippen LogP contribution >= 0.6 is 0 Å². The first-order valence-corrected chi connectivity index (χ1v) is 7.98. The molecule has 0 spiro atoms. The minimum absolute atomic E-state index is 0.0791. The van der Waals surface area contributed by atoms with E-state index < -0.39 is 0 Å². The fourth-order valence-electron chi connectivity index (χ4n) is 3.25. The standard InChI is InChI=1S/C18H21FN4O/c1-12(2)23-17(24)22(11-18(23,3)4)16-20-9-14(10-21-16)13-5-7-15(19)8-6-13/h5-10,12H,11H2,1-4H3. The van der Waals surface area contributed by atoms with Gasteiger partial charge in [0.05, 0.1) is 12.1 Å². The number of aromatic nitrogens is 2. The van der Waals surface area contributed by atoms with E-state index in [1.54, 1.807) is 29.4 Å². The Kier molecular flexibility index (Phi) is 3.99. The number of urea groups is 1. The third-order valence-electron chi connectivity index (χ3n) is 4.21. The van der Waals surface area contributed by atoms with Gasteiger partial charge >= 0.3 is 6.03 Å². The second kappa shape index (κ2) is 5.85. The van der Waals surface area contributed by atoms with Gasteiger partial charge in [0.15, 0.2) is 0 Å². The van der Waals surface area contributed by atoms with Gasteiger partial charge in [-0.1, -0.05) is 12.1 Å². The molecule has 0 unspecified atom stereocenters. The van der Waals surface area contributed by atoms with Gasteiger partial charge in [-0.2, -0.15) is 0 Å². The van der Waals surface area contributed by atoms with Crippen LogP contribution in [0.1, 0.15) is 27.7 Å². The van der Waals surface area contributed by atoms with E-state index in [9.17, 15) is 9.18 Å². The highest BCUT2D eigenvalue weighted by atomic mass is 19.1. The van der Waals surface area contributed by atoms with Crippen molar-refractivity contribution in [1.82, 2.24) is 14.9 Å². The second-order valence-corrected chi connectivity index (χ2v) is 6.92. The number of amides is 2. The molecule has 0 bridgehead atoms. The molecule has 0 saturated carbocycles. The van der Waals surface area contributed by atoms with Gasteiger partial charge in [-0.25, -0.2) is 19.2 Å². The average Bonchev–Trinajstić information content (AvgIpc) is 2.77.